The first kappa shape index (κ1) is 32.1. The highest BCUT2D eigenvalue weighted by atomic mass is 19.1. The summed E-state index contributed by atoms with van der Waals surface area (Å²) >= 11 is 0. The Morgan fingerprint density at radius 3 is 1.64 bits per heavy atom. The van der Waals surface area contributed by atoms with Crippen LogP contribution in [0.2, 0.25) is 0 Å². The van der Waals surface area contributed by atoms with E-state index in [1.807, 2.05) is 78.9 Å². The van der Waals surface area contributed by atoms with Gasteiger partial charge in [-0.25, -0.2) is 23.7 Å². The summed E-state index contributed by atoms with van der Waals surface area (Å²) in [6.45, 7) is 4.22. The second kappa shape index (κ2) is 13.1. The molecule has 0 bridgehead atoms. The molecule has 0 N–H and O–H groups in total. The van der Waals surface area contributed by atoms with Crippen molar-refractivity contribution in [1.29, 1.82) is 0 Å². The smallest absolute Gasteiger partial charge is 0.166 e. The van der Waals surface area contributed by atoms with Crippen molar-refractivity contribution in [2.75, 3.05) is 0 Å². The van der Waals surface area contributed by atoms with Gasteiger partial charge in [0.1, 0.15) is 11.6 Å². The van der Waals surface area contributed by atoms with Crippen LogP contribution in [0.3, 0.4) is 0 Å². The molecule has 0 atom stereocenters. The lowest BCUT2D eigenvalue weighted by Gasteiger charge is -2.17. The Balaban J connectivity index is 1.37. The van der Waals surface area contributed by atoms with Crippen molar-refractivity contribution >= 4 is 21.8 Å². The van der Waals surface area contributed by atoms with Crippen LogP contribution in [0.15, 0.2) is 158 Å². The van der Waals surface area contributed by atoms with Crippen molar-refractivity contribution in [3.8, 4) is 62.1 Å². The summed E-state index contributed by atoms with van der Waals surface area (Å²) in [6, 6.07) is 50.3. The summed E-state index contributed by atoms with van der Waals surface area (Å²) in [5, 5.41) is 2.16. The molecule has 0 radical (unpaired) electrons. The Hall–Kier alpha value is -6.79. The maximum atomic E-state index is 15.4. The van der Waals surface area contributed by atoms with Gasteiger partial charge in [-0.3, -0.25) is 0 Å². The maximum Gasteiger partial charge on any atom is 0.166 e. The van der Waals surface area contributed by atoms with Gasteiger partial charge in [-0.2, -0.15) is 0 Å². The molecule has 0 saturated carbocycles. The van der Waals surface area contributed by atoms with Gasteiger partial charge in [0.05, 0.1) is 22.3 Å². The summed E-state index contributed by atoms with van der Waals surface area (Å²) in [4.78, 5) is 15.1. The summed E-state index contributed by atoms with van der Waals surface area (Å²) in [5.74, 6) is 0.0561. The number of nitrogens with zero attached hydrogens (tertiary/aromatic N) is 4. The highest BCUT2D eigenvalue weighted by Gasteiger charge is 2.22. The minimum atomic E-state index is -0.649. The molecule has 7 aromatic carbocycles. The third-order valence-electron chi connectivity index (χ3n) is 9.66. The van der Waals surface area contributed by atoms with Crippen LogP contribution in [0.5, 0.6) is 0 Å². The van der Waals surface area contributed by atoms with Crippen LogP contribution >= 0.6 is 0 Å². The molecule has 0 aliphatic rings. The topological polar surface area (TPSA) is 43.6 Å². The molecule has 0 fully saturated rings. The zero-order valence-corrected chi connectivity index (χ0v) is 29.1. The molecule has 9 rings (SSSR count). The quantitative estimate of drug-likeness (QED) is 0.174. The van der Waals surface area contributed by atoms with Gasteiger partial charge >= 0.3 is 0 Å². The van der Waals surface area contributed by atoms with Gasteiger partial charge in [0.2, 0.25) is 0 Å². The Bertz CT molecular complexity index is 2730. The number of rotatable bonds is 6. The molecule has 0 aliphatic heterocycles. The Morgan fingerprint density at radius 2 is 0.981 bits per heavy atom. The summed E-state index contributed by atoms with van der Waals surface area (Å²) in [5.41, 5.74) is 9.82. The van der Waals surface area contributed by atoms with Gasteiger partial charge in [-0.15, -0.1) is 0 Å². The Labute approximate surface area is 305 Å². The summed E-state index contributed by atoms with van der Waals surface area (Å²) < 4.78 is 33.0. The molecule has 0 saturated heterocycles. The number of aryl methyl sites for hydroxylation is 2. The van der Waals surface area contributed by atoms with Crippen LogP contribution < -0.4 is 0 Å². The number of hydrogen-bond donors (Lipinski definition) is 0. The minimum Gasteiger partial charge on any atom is -0.308 e. The Kier molecular flexibility index (Phi) is 7.93. The number of halogens is 2. The first-order valence-electron chi connectivity index (χ1n) is 17.5. The zero-order valence-electron chi connectivity index (χ0n) is 29.1. The highest BCUT2D eigenvalue weighted by Crippen LogP contribution is 2.40. The van der Waals surface area contributed by atoms with Gasteiger partial charge in [-0.1, -0.05) is 132 Å². The molecule has 254 valence electrons. The third kappa shape index (κ3) is 5.84. The van der Waals surface area contributed by atoms with Crippen LogP contribution in [0.1, 0.15) is 11.1 Å². The molecule has 4 nitrogen and oxygen atoms in total. The number of aromatic nitrogens is 4. The molecule has 0 amide bonds. The highest BCUT2D eigenvalue weighted by molar-refractivity contribution is 6.10. The fraction of sp³-hybridized carbons (Fsp3) is 0.0426. The van der Waals surface area contributed by atoms with Gasteiger partial charge in [0.15, 0.2) is 17.5 Å². The predicted molar refractivity (Wildman–Crippen MR) is 211 cm³/mol. The normalized spacial score (nSPS) is 11.4. The SMILES string of the molecule is Cc1cc(C)cc(-c2ccc3c4ccccc4n(-c4ccc(-c5c(F)cccc5F)cc4-c4nc(-c5ccccc5)nc(-c5ccccc5)n4)c3c2)c1. The zero-order chi connectivity index (χ0) is 36.1. The summed E-state index contributed by atoms with van der Waals surface area (Å²) in [6.07, 6.45) is 0. The van der Waals surface area contributed by atoms with E-state index in [1.54, 1.807) is 12.1 Å². The van der Waals surface area contributed by atoms with Gasteiger partial charge in [0, 0.05) is 27.5 Å². The second-order valence-electron chi connectivity index (χ2n) is 13.3. The standard InChI is InChI=1S/C47H32F2N4/c1-29-24-30(2)26-35(25-29)33-20-22-37-36-16-9-10-19-41(36)53(43(37)28-33)42-23-21-34(44-39(48)17-11-18-40(44)49)27-38(42)47-51-45(31-12-5-3-6-13-31)50-46(52-47)32-14-7-4-8-15-32/h3-28H,1-2H3. The van der Waals surface area contributed by atoms with Crippen molar-refractivity contribution in [2.45, 2.75) is 13.8 Å². The number of benzene rings is 7. The van der Waals surface area contributed by atoms with Gasteiger partial charge in [-0.05, 0) is 66.9 Å². The third-order valence-corrected chi connectivity index (χ3v) is 9.66. The lowest BCUT2D eigenvalue weighted by atomic mass is 9.99. The molecule has 0 unspecified atom stereocenters. The molecule has 0 aliphatic carbocycles. The molecule has 6 heteroatoms. The van der Waals surface area contributed by atoms with Crippen molar-refractivity contribution in [1.82, 2.24) is 19.5 Å². The van der Waals surface area contributed by atoms with Crippen molar-refractivity contribution in [2.24, 2.45) is 0 Å². The minimum absolute atomic E-state index is 0.111. The van der Waals surface area contributed by atoms with E-state index in [2.05, 4.69) is 66.9 Å². The maximum absolute atomic E-state index is 15.4. The van der Waals surface area contributed by atoms with E-state index in [9.17, 15) is 0 Å². The van der Waals surface area contributed by atoms with E-state index in [1.165, 1.54) is 29.3 Å². The monoisotopic (exact) mass is 690 g/mol. The number of fused-ring (bicyclic) bond motifs is 3. The van der Waals surface area contributed by atoms with Crippen LogP contribution in [-0.2, 0) is 0 Å². The fourth-order valence-corrected chi connectivity index (χ4v) is 7.32. The van der Waals surface area contributed by atoms with Crippen LogP contribution in [0.25, 0.3) is 83.9 Å². The molecular formula is C47H32F2N4. The van der Waals surface area contributed by atoms with E-state index < -0.39 is 11.6 Å². The number of para-hydroxylation sites is 1. The average molecular weight is 691 g/mol. The lowest BCUT2D eigenvalue weighted by molar-refractivity contribution is 0.589. The predicted octanol–water partition coefficient (Wildman–Crippen LogP) is 12.2. The number of hydrogen-bond acceptors (Lipinski definition) is 3. The molecular weight excluding hydrogens is 659 g/mol. The van der Waals surface area contributed by atoms with E-state index in [0.29, 0.717) is 28.6 Å². The van der Waals surface area contributed by atoms with E-state index in [4.69, 9.17) is 15.0 Å². The van der Waals surface area contributed by atoms with Crippen molar-refractivity contribution in [3.05, 3.63) is 180 Å². The largest absolute Gasteiger partial charge is 0.308 e. The van der Waals surface area contributed by atoms with Crippen LogP contribution in [0.4, 0.5) is 8.78 Å². The lowest BCUT2D eigenvalue weighted by Crippen LogP contribution is -2.04. The average Bonchev–Trinajstić information content (AvgIpc) is 3.51. The van der Waals surface area contributed by atoms with Gasteiger partial charge in [0.25, 0.3) is 0 Å². The van der Waals surface area contributed by atoms with E-state index in [0.717, 1.165) is 49.7 Å². The van der Waals surface area contributed by atoms with Crippen molar-refractivity contribution < 1.29 is 8.78 Å². The molecule has 53 heavy (non-hydrogen) atoms. The first-order valence-corrected chi connectivity index (χ1v) is 17.5. The molecule has 2 heterocycles. The molecule has 2 aromatic heterocycles. The molecule has 9 aromatic rings. The van der Waals surface area contributed by atoms with E-state index in [-0.39, 0.29) is 5.56 Å². The Morgan fingerprint density at radius 1 is 0.415 bits per heavy atom. The van der Waals surface area contributed by atoms with Crippen LogP contribution in [0, 0.1) is 25.5 Å². The van der Waals surface area contributed by atoms with Gasteiger partial charge < -0.3 is 4.57 Å². The fourth-order valence-electron chi connectivity index (χ4n) is 7.32. The van der Waals surface area contributed by atoms with E-state index >= 15 is 8.78 Å². The second-order valence-corrected chi connectivity index (χ2v) is 13.3. The first-order chi connectivity index (χ1) is 25.9. The van der Waals surface area contributed by atoms with Crippen molar-refractivity contribution in [3.63, 3.8) is 0 Å². The summed E-state index contributed by atoms with van der Waals surface area (Å²) in [7, 11) is 0. The molecule has 0 spiro atoms. The van der Waals surface area contributed by atoms with Crippen LogP contribution in [-0.4, -0.2) is 19.5 Å².